The second-order valence-corrected chi connectivity index (χ2v) is 5.52. The minimum atomic E-state index is 0.0785. The Balaban J connectivity index is 2.29. The maximum atomic E-state index is 5.74. The molecule has 0 spiro atoms. The predicted octanol–water partition coefficient (Wildman–Crippen LogP) is 2.46. The van der Waals surface area contributed by atoms with Crippen molar-refractivity contribution in [3.63, 3.8) is 0 Å². The zero-order valence-corrected chi connectivity index (χ0v) is 12.4. The summed E-state index contributed by atoms with van der Waals surface area (Å²) in [7, 11) is 0. The van der Waals surface area contributed by atoms with Crippen LogP contribution in [0, 0.1) is 13.8 Å². The summed E-state index contributed by atoms with van der Waals surface area (Å²) >= 11 is 1.43. The van der Waals surface area contributed by atoms with Gasteiger partial charge in [-0.1, -0.05) is 29.6 Å². The molecule has 0 amide bonds. The summed E-state index contributed by atoms with van der Waals surface area (Å²) in [5.41, 5.74) is 7.90. The van der Waals surface area contributed by atoms with E-state index in [2.05, 4.69) is 54.0 Å². The van der Waals surface area contributed by atoms with Crippen LogP contribution in [0.15, 0.2) is 18.2 Å². The van der Waals surface area contributed by atoms with Gasteiger partial charge in [0.25, 0.3) is 0 Å². The Bertz CT molecular complexity index is 530. The molecular formula is C14H20N4S. The van der Waals surface area contributed by atoms with E-state index in [9.17, 15) is 0 Å². The summed E-state index contributed by atoms with van der Waals surface area (Å²) < 4.78 is 4.04. The van der Waals surface area contributed by atoms with Gasteiger partial charge >= 0.3 is 0 Å². The highest BCUT2D eigenvalue weighted by atomic mass is 32.1. The molecule has 1 aromatic carbocycles. The van der Waals surface area contributed by atoms with E-state index in [1.807, 2.05) is 0 Å². The quantitative estimate of drug-likeness (QED) is 0.650. The van der Waals surface area contributed by atoms with Crippen LogP contribution < -0.4 is 11.3 Å². The molecule has 0 fully saturated rings. The highest BCUT2D eigenvalue weighted by Gasteiger charge is 2.19. The first-order chi connectivity index (χ1) is 9.17. The molecule has 0 bridgehead atoms. The fraction of sp³-hybridized carbons (Fsp3) is 0.429. The fourth-order valence-corrected chi connectivity index (χ4v) is 3.12. The Hall–Kier alpha value is -1.30. The molecule has 1 atom stereocenters. The third-order valence-electron chi connectivity index (χ3n) is 3.49. The number of hydrogen-bond acceptors (Lipinski definition) is 5. The van der Waals surface area contributed by atoms with Gasteiger partial charge in [-0.2, -0.15) is 0 Å². The minimum absolute atomic E-state index is 0.0785. The molecule has 0 saturated heterocycles. The van der Waals surface area contributed by atoms with Gasteiger partial charge in [-0.05, 0) is 54.9 Å². The van der Waals surface area contributed by atoms with Gasteiger partial charge in [0.05, 0.1) is 16.6 Å². The first kappa shape index (κ1) is 14.1. The third-order valence-corrected chi connectivity index (χ3v) is 4.37. The molecule has 2 aromatic rings. The lowest BCUT2D eigenvalue weighted by Gasteiger charge is -2.18. The molecule has 3 N–H and O–H groups in total. The summed E-state index contributed by atoms with van der Waals surface area (Å²) in [6, 6.07) is 6.45. The molecule has 1 unspecified atom stereocenters. The van der Waals surface area contributed by atoms with Crippen LogP contribution >= 0.6 is 11.5 Å². The van der Waals surface area contributed by atoms with Gasteiger partial charge in [-0.3, -0.25) is 11.3 Å². The normalized spacial score (nSPS) is 12.6. The Morgan fingerprint density at radius 2 is 2.00 bits per heavy atom. The molecule has 1 heterocycles. The maximum absolute atomic E-state index is 5.74. The number of nitrogens with one attached hydrogen (secondary N) is 1. The van der Waals surface area contributed by atoms with E-state index in [-0.39, 0.29) is 6.04 Å². The van der Waals surface area contributed by atoms with Crippen molar-refractivity contribution in [2.24, 2.45) is 5.84 Å². The average Bonchev–Trinajstić information content (AvgIpc) is 2.87. The predicted molar refractivity (Wildman–Crippen MR) is 79.0 cm³/mol. The van der Waals surface area contributed by atoms with Crippen LogP contribution in [0.1, 0.15) is 40.2 Å². The molecule has 4 nitrogen and oxygen atoms in total. The van der Waals surface area contributed by atoms with Crippen molar-refractivity contribution in [3.05, 3.63) is 45.5 Å². The van der Waals surface area contributed by atoms with Crippen molar-refractivity contribution in [2.45, 2.75) is 39.7 Å². The van der Waals surface area contributed by atoms with Crippen molar-refractivity contribution < 1.29 is 0 Å². The molecule has 102 valence electrons. The van der Waals surface area contributed by atoms with E-state index in [1.54, 1.807) is 0 Å². The Morgan fingerprint density at radius 1 is 1.32 bits per heavy atom. The molecule has 0 aliphatic carbocycles. The summed E-state index contributed by atoms with van der Waals surface area (Å²) in [6.07, 6.45) is 1.75. The number of nitrogens with two attached hydrogens (primary N) is 1. The molecule has 19 heavy (non-hydrogen) atoms. The molecule has 5 heteroatoms. The van der Waals surface area contributed by atoms with Crippen LogP contribution in [0.25, 0.3) is 0 Å². The van der Waals surface area contributed by atoms with E-state index in [1.165, 1.54) is 28.2 Å². The van der Waals surface area contributed by atoms with Crippen molar-refractivity contribution in [3.8, 4) is 0 Å². The monoisotopic (exact) mass is 276 g/mol. The molecule has 1 aromatic heterocycles. The second kappa shape index (κ2) is 6.23. The Kier molecular flexibility index (Phi) is 4.63. The zero-order valence-electron chi connectivity index (χ0n) is 11.6. The maximum Gasteiger partial charge on any atom is 0.0801 e. The first-order valence-electron chi connectivity index (χ1n) is 6.49. The highest BCUT2D eigenvalue weighted by Crippen LogP contribution is 2.26. The summed E-state index contributed by atoms with van der Waals surface area (Å²) in [4.78, 5) is 1.15. The molecule has 0 radical (unpaired) electrons. The number of hydrazine groups is 1. The Labute approximate surface area is 118 Å². The van der Waals surface area contributed by atoms with Gasteiger partial charge in [0.2, 0.25) is 0 Å². The minimum Gasteiger partial charge on any atom is -0.271 e. The number of rotatable bonds is 5. The van der Waals surface area contributed by atoms with Crippen LogP contribution in [-0.2, 0) is 12.8 Å². The van der Waals surface area contributed by atoms with Gasteiger partial charge in [0, 0.05) is 0 Å². The van der Waals surface area contributed by atoms with Crippen molar-refractivity contribution in [1.82, 2.24) is 15.0 Å². The van der Waals surface area contributed by atoms with E-state index in [4.69, 9.17) is 5.84 Å². The molecule has 0 aliphatic heterocycles. The van der Waals surface area contributed by atoms with Crippen molar-refractivity contribution >= 4 is 11.5 Å². The smallest absolute Gasteiger partial charge is 0.0801 e. The lowest BCUT2D eigenvalue weighted by atomic mass is 9.95. The van der Waals surface area contributed by atoms with Crippen LogP contribution in [0.4, 0.5) is 0 Å². The van der Waals surface area contributed by atoms with Gasteiger partial charge in [-0.15, -0.1) is 5.10 Å². The lowest BCUT2D eigenvalue weighted by Crippen LogP contribution is -2.30. The van der Waals surface area contributed by atoms with E-state index in [0.717, 1.165) is 23.4 Å². The first-order valence-corrected chi connectivity index (χ1v) is 7.27. The fourth-order valence-electron chi connectivity index (χ4n) is 2.33. The summed E-state index contributed by atoms with van der Waals surface area (Å²) in [5, 5.41) is 4.16. The standard InChI is InChI=1S/C14H20N4S/c1-4-12-14(19-18-17-12)13(16-15)8-11-9(2)6-5-7-10(11)3/h5-7,13,16H,4,8,15H2,1-3H3. The van der Waals surface area contributed by atoms with Gasteiger partial charge in [-0.25, -0.2) is 0 Å². The van der Waals surface area contributed by atoms with Gasteiger partial charge in [0.15, 0.2) is 0 Å². The van der Waals surface area contributed by atoms with Crippen LogP contribution in [0.5, 0.6) is 0 Å². The van der Waals surface area contributed by atoms with Crippen LogP contribution in [0.3, 0.4) is 0 Å². The summed E-state index contributed by atoms with van der Waals surface area (Å²) in [5.74, 6) is 5.74. The highest BCUT2D eigenvalue weighted by molar-refractivity contribution is 7.05. The lowest BCUT2D eigenvalue weighted by molar-refractivity contribution is 0.553. The third kappa shape index (κ3) is 3.00. The Morgan fingerprint density at radius 3 is 2.58 bits per heavy atom. The average molecular weight is 276 g/mol. The van der Waals surface area contributed by atoms with Crippen molar-refractivity contribution in [1.29, 1.82) is 0 Å². The number of aromatic nitrogens is 2. The molecule has 2 rings (SSSR count). The zero-order chi connectivity index (χ0) is 13.8. The number of hydrogen-bond donors (Lipinski definition) is 2. The topological polar surface area (TPSA) is 63.8 Å². The number of benzene rings is 1. The largest absolute Gasteiger partial charge is 0.271 e. The van der Waals surface area contributed by atoms with Crippen LogP contribution in [0.2, 0.25) is 0 Å². The summed E-state index contributed by atoms with van der Waals surface area (Å²) in [6.45, 7) is 6.37. The van der Waals surface area contributed by atoms with E-state index in [0.29, 0.717) is 0 Å². The molecule has 0 saturated carbocycles. The second-order valence-electron chi connectivity index (χ2n) is 4.73. The molecule has 0 aliphatic rings. The van der Waals surface area contributed by atoms with E-state index >= 15 is 0 Å². The van der Waals surface area contributed by atoms with Crippen molar-refractivity contribution in [2.75, 3.05) is 0 Å². The number of aryl methyl sites for hydroxylation is 3. The number of nitrogens with zero attached hydrogens (tertiary/aromatic N) is 2. The van der Waals surface area contributed by atoms with Gasteiger partial charge < -0.3 is 0 Å². The SMILES string of the molecule is CCc1nnsc1C(Cc1c(C)cccc1C)NN. The van der Waals surface area contributed by atoms with Gasteiger partial charge in [0.1, 0.15) is 0 Å². The van der Waals surface area contributed by atoms with E-state index < -0.39 is 0 Å². The molecular weight excluding hydrogens is 256 g/mol. The van der Waals surface area contributed by atoms with Crippen LogP contribution in [-0.4, -0.2) is 9.59 Å².